The van der Waals surface area contributed by atoms with Crippen molar-refractivity contribution in [1.82, 2.24) is 25.1 Å². The second-order valence-electron chi connectivity index (χ2n) is 6.81. The highest BCUT2D eigenvalue weighted by molar-refractivity contribution is 7.99. The van der Waals surface area contributed by atoms with Gasteiger partial charge in [-0.3, -0.25) is 4.79 Å². The SMILES string of the molecule is CCOc1ccccc1-n1nnnc1SCC(=O)N1C[C@H](C)C[C@@H](C)C1. The van der Waals surface area contributed by atoms with Gasteiger partial charge in [0.05, 0.1) is 12.4 Å². The fourth-order valence-electron chi connectivity index (χ4n) is 3.41. The molecule has 26 heavy (non-hydrogen) atoms. The Kier molecular flexibility index (Phi) is 6.13. The molecule has 1 aliphatic heterocycles. The molecular formula is C18H25N5O2S. The van der Waals surface area contributed by atoms with Gasteiger partial charge >= 0.3 is 0 Å². The van der Waals surface area contributed by atoms with Crippen molar-refractivity contribution in [3.8, 4) is 11.4 Å². The number of piperidine rings is 1. The minimum absolute atomic E-state index is 0.140. The van der Waals surface area contributed by atoms with Gasteiger partial charge < -0.3 is 9.64 Å². The average Bonchev–Trinajstić information content (AvgIpc) is 3.08. The molecule has 1 saturated heterocycles. The molecule has 1 aliphatic rings. The third kappa shape index (κ3) is 4.35. The van der Waals surface area contributed by atoms with Crippen molar-refractivity contribution in [2.75, 3.05) is 25.4 Å². The van der Waals surface area contributed by atoms with E-state index in [-0.39, 0.29) is 5.91 Å². The summed E-state index contributed by atoms with van der Waals surface area (Å²) in [6.45, 7) is 8.57. The Balaban J connectivity index is 1.69. The summed E-state index contributed by atoms with van der Waals surface area (Å²) in [5, 5.41) is 12.5. The number of para-hydroxylation sites is 2. The molecule has 2 heterocycles. The topological polar surface area (TPSA) is 73.1 Å². The van der Waals surface area contributed by atoms with Crippen LogP contribution in [-0.4, -0.2) is 56.5 Å². The van der Waals surface area contributed by atoms with Crippen LogP contribution in [0.4, 0.5) is 0 Å². The molecule has 3 rings (SSSR count). The molecule has 0 bridgehead atoms. The second-order valence-corrected chi connectivity index (χ2v) is 7.75. The van der Waals surface area contributed by atoms with Crippen molar-refractivity contribution >= 4 is 17.7 Å². The Morgan fingerprint density at radius 2 is 2.00 bits per heavy atom. The summed E-state index contributed by atoms with van der Waals surface area (Å²) in [5.74, 6) is 2.29. The molecule has 7 nitrogen and oxygen atoms in total. The van der Waals surface area contributed by atoms with Gasteiger partial charge in [0.25, 0.3) is 0 Å². The number of benzene rings is 1. The third-order valence-electron chi connectivity index (χ3n) is 4.38. The number of rotatable bonds is 6. The number of carbonyl (C=O) groups excluding carboxylic acids is 1. The summed E-state index contributed by atoms with van der Waals surface area (Å²) in [4.78, 5) is 14.6. The number of amides is 1. The summed E-state index contributed by atoms with van der Waals surface area (Å²) >= 11 is 1.36. The Hall–Kier alpha value is -2.09. The minimum atomic E-state index is 0.140. The van der Waals surface area contributed by atoms with Gasteiger partial charge in [-0.1, -0.05) is 37.7 Å². The lowest BCUT2D eigenvalue weighted by molar-refractivity contribution is -0.130. The van der Waals surface area contributed by atoms with Crippen LogP contribution in [0.25, 0.3) is 5.69 Å². The van der Waals surface area contributed by atoms with Gasteiger partial charge in [0, 0.05) is 13.1 Å². The number of hydrogen-bond acceptors (Lipinski definition) is 6. The van der Waals surface area contributed by atoms with Crippen LogP contribution in [0.2, 0.25) is 0 Å². The van der Waals surface area contributed by atoms with E-state index < -0.39 is 0 Å². The molecule has 0 spiro atoms. The maximum Gasteiger partial charge on any atom is 0.233 e. The summed E-state index contributed by atoms with van der Waals surface area (Å²) in [5.41, 5.74) is 0.773. The van der Waals surface area contributed by atoms with E-state index in [1.54, 1.807) is 4.68 Å². The van der Waals surface area contributed by atoms with E-state index in [1.165, 1.54) is 18.2 Å². The number of carbonyl (C=O) groups is 1. The summed E-state index contributed by atoms with van der Waals surface area (Å²) < 4.78 is 7.29. The van der Waals surface area contributed by atoms with Gasteiger partial charge in [-0.15, -0.1) is 5.10 Å². The van der Waals surface area contributed by atoms with Gasteiger partial charge in [-0.2, -0.15) is 4.68 Å². The Morgan fingerprint density at radius 3 is 2.73 bits per heavy atom. The van der Waals surface area contributed by atoms with E-state index in [0.717, 1.165) is 18.8 Å². The molecule has 1 fully saturated rings. The first-order chi connectivity index (χ1) is 12.6. The first kappa shape index (κ1) is 18.7. The number of thioether (sulfide) groups is 1. The Labute approximate surface area is 158 Å². The summed E-state index contributed by atoms with van der Waals surface area (Å²) in [7, 11) is 0. The summed E-state index contributed by atoms with van der Waals surface area (Å²) in [6.07, 6.45) is 1.18. The Morgan fingerprint density at radius 1 is 1.27 bits per heavy atom. The normalized spacial score (nSPS) is 20.2. The molecule has 0 unspecified atom stereocenters. The lowest BCUT2D eigenvalue weighted by Crippen LogP contribution is -2.43. The molecule has 1 amide bonds. The number of tetrazole rings is 1. The standard InChI is InChI=1S/C18H25N5O2S/c1-4-25-16-8-6-5-7-15(16)23-18(19-20-21-23)26-12-17(24)22-10-13(2)9-14(3)11-22/h5-8,13-14H,4,9-12H2,1-3H3/t13-,14-/m1/s1. The molecule has 0 aliphatic carbocycles. The quantitative estimate of drug-likeness (QED) is 0.723. The highest BCUT2D eigenvalue weighted by atomic mass is 32.2. The van der Waals surface area contributed by atoms with Gasteiger partial charge in [0.1, 0.15) is 11.4 Å². The van der Waals surface area contributed by atoms with Crippen molar-refractivity contribution in [1.29, 1.82) is 0 Å². The van der Waals surface area contributed by atoms with Crippen molar-refractivity contribution in [2.24, 2.45) is 11.8 Å². The monoisotopic (exact) mass is 375 g/mol. The first-order valence-electron chi connectivity index (χ1n) is 8.99. The molecular weight excluding hydrogens is 350 g/mol. The van der Waals surface area contributed by atoms with Crippen LogP contribution < -0.4 is 4.74 Å². The van der Waals surface area contributed by atoms with E-state index in [2.05, 4.69) is 29.4 Å². The van der Waals surface area contributed by atoms with E-state index in [4.69, 9.17) is 4.74 Å². The van der Waals surface area contributed by atoms with Crippen LogP contribution in [0.3, 0.4) is 0 Å². The molecule has 2 aromatic rings. The van der Waals surface area contributed by atoms with Gasteiger partial charge in [-0.25, -0.2) is 0 Å². The predicted octanol–water partition coefficient (Wildman–Crippen LogP) is 2.66. The lowest BCUT2D eigenvalue weighted by atomic mass is 9.92. The van der Waals surface area contributed by atoms with E-state index in [0.29, 0.717) is 35.1 Å². The van der Waals surface area contributed by atoms with E-state index in [9.17, 15) is 4.79 Å². The van der Waals surface area contributed by atoms with Crippen LogP contribution in [-0.2, 0) is 4.79 Å². The zero-order valence-electron chi connectivity index (χ0n) is 15.5. The van der Waals surface area contributed by atoms with Gasteiger partial charge in [0.2, 0.25) is 11.1 Å². The van der Waals surface area contributed by atoms with Crippen LogP contribution in [0.1, 0.15) is 27.2 Å². The van der Waals surface area contributed by atoms with E-state index in [1.807, 2.05) is 36.1 Å². The molecule has 1 aromatic carbocycles. The van der Waals surface area contributed by atoms with E-state index >= 15 is 0 Å². The first-order valence-corrected chi connectivity index (χ1v) is 9.98. The third-order valence-corrected chi connectivity index (χ3v) is 5.28. The largest absolute Gasteiger partial charge is 0.492 e. The van der Waals surface area contributed by atoms with Crippen LogP contribution in [0.15, 0.2) is 29.4 Å². The highest BCUT2D eigenvalue weighted by Gasteiger charge is 2.26. The second kappa shape index (κ2) is 8.53. The van der Waals surface area contributed by atoms with Crippen molar-refractivity contribution in [2.45, 2.75) is 32.3 Å². The maximum absolute atomic E-state index is 12.6. The molecule has 0 saturated carbocycles. The number of ether oxygens (including phenoxy) is 1. The van der Waals surface area contributed by atoms with Crippen molar-refractivity contribution < 1.29 is 9.53 Å². The number of likely N-dealkylation sites (tertiary alicyclic amines) is 1. The number of nitrogens with zero attached hydrogens (tertiary/aromatic N) is 5. The zero-order valence-corrected chi connectivity index (χ0v) is 16.3. The summed E-state index contributed by atoms with van der Waals surface area (Å²) in [6, 6.07) is 7.61. The van der Waals surface area contributed by atoms with Gasteiger partial charge in [-0.05, 0) is 47.7 Å². The lowest BCUT2D eigenvalue weighted by Gasteiger charge is -2.34. The smallest absolute Gasteiger partial charge is 0.233 e. The number of hydrogen-bond donors (Lipinski definition) is 0. The van der Waals surface area contributed by atoms with Crippen LogP contribution in [0.5, 0.6) is 5.75 Å². The fraction of sp³-hybridized carbons (Fsp3) is 0.556. The molecule has 140 valence electrons. The van der Waals surface area contributed by atoms with Crippen LogP contribution in [0, 0.1) is 11.8 Å². The molecule has 0 radical (unpaired) electrons. The fourth-order valence-corrected chi connectivity index (χ4v) is 4.20. The highest BCUT2D eigenvalue weighted by Crippen LogP contribution is 2.27. The predicted molar refractivity (Wildman–Crippen MR) is 101 cm³/mol. The molecule has 0 N–H and O–H groups in total. The molecule has 1 aromatic heterocycles. The van der Waals surface area contributed by atoms with Crippen molar-refractivity contribution in [3.05, 3.63) is 24.3 Å². The average molecular weight is 375 g/mol. The van der Waals surface area contributed by atoms with Crippen molar-refractivity contribution in [3.63, 3.8) is 0 Å². The Bertz CT molecular complexity index is 741. The maximum atomic E-state index is 12.6. The molecule has 8 heteroatoms. The van der Waals surface area contributed by atoms with Gasteiger partial charge in [0.15, 0.2) is 0 Å². The minimum Gasteiger partial charge on any atom is -0.492 e. The number of aromatic nitrogens is 4. The van der Waals surface area contributed by atoms with Crippen LogP contribution >= 0.6 is 11.8 Å². The molecule has 2 atom stereocenters. The zero-order chi connectivity index (χ0) is 18.5.